The Morgan fingerprint density at radius 1 is 1.53 bits per heavy atom. The summed E-state index contributed by atoms with van der Waals surface area (Å²) in [6.45, 7) is 3.65. The Kier molecular flexibility index (Phi) is 5.43. The van der Waals surface area contributed by atoms with Gasteiger partial charge in [0.05, 0.1) is 5.02 Å². The van der Waals surface area contributed by atoms with Gasteiger partial charge in [-0.1, -0.05) is 30.7 Å². The Hall–Kier alpha value is -0.250. The van der Waals surface area contributed by atoms with Crippen LogP contribution >= 0.6 is 23.4 Å². The lowest BCUT2D eigenvalue weighted by molar-refractivity contribution is 0.620. The van der Waals surface area contributed by atoms with Gasteiger partial charge in [0.15, 0.2) is 0 Å². The summed E-state index contributed by atoms with van der Waals surface area (Å²) >= 11 is 7.62. The van der Waals surface area contributed by atoms with Crippen LogP contribution < -0.4 is 5.32 Å². The fourth-order valence-electron chi connectivity index (χ4n) is 1.18. The molecule has 1 N–H and O–H groups in total. The maximum absolute atomic E-state index is 13.1. The smallest absolute Gasteiger partial charge is 0.142 e. The molecule has 0 aliphatic carbocycles. The van der Waals surface area contributed by atoms with Crippen LogP contribution in [0.4, 0.5) is 4.39 Å². The van der Waals surface area contributed by atoms with E-state index < -0.39 is 0 Å². The Balaban J connectivity index is 2.47. The summed E-state index contributed by atoms with van der Waals surface area (Å²) < 4.78 is 13.1. The van der Waals surface area contributed by atoms with E-state index in [1.54, 1.807) is 17.8 Å². The van der Waals surface area contributed by atoms with Crippen molar-refractivity contribution in [2.24, 2.45) is 0 Å². The van der Waals surface area contributed by atoms with Crippen LogP contribution in [0.15, 0.2) is 18.2 Å². The molecule has 0 fully saturated rings. The standard InChI is InChI=1S/C11H15ClFNS/c1-8(15-2)6-14-7-9-4-3-5-10(13)11(9)12/h3-5,8,14H,6-7H2,1-2H3. The van der Waals surface area contributed by atoms with Gasteiger partial charge in [0.25, 0.3) is 0 Å². The quantitative estimate of drug-likeness (QED) is 0.857. The zero-order valence-corrected chi connectivity index (χ0v) is 10.5. The number of rotatable bonds is 5. The third kappa shape index (κ3) is 4.01. The van der Waals surface area contributed by atoms with Crippen molar-refractivity contribution in [1.82, 2.24) is 5.32 Å². The van der Waals surface area contributed by atoms with Gasteiger partial charge >= 0.3 is 0 Å². The molecule has 0 aromatic heterocycles. The van der Waals surface area contributed by atoms with Crippen molar-refractivity contribution in [3.63, 3.8) is 0 Å². The first kappa shape index (κ1) is 12.8. The molecular weight excluding hydrogens is 233 g/mol. The van der Waals surface area contributed by atoms with Gasteiger partial charge in [0, 0.05) is 18.3 Å². The van der Waals surface area contributed by atoms with Crippen molar-refractivity contribution in [1.29, 1.82) is 0 Å². The minimum absolute atomic E-state index is 0.224. The molecule has 1 nitrogen and oxygen atoms in total. The van der Waals surface area contributed by atoms with Crippen LogP contribution in [0.1, 0.15) is 12.5 Å². The molecule has 84 valence electrons. The molecule has 4 heteroatoms. The molecular formula is C11H15ClFNS. The summed E-state index contributed by atoms with van der Waals surface area (Å²) in [7, 11) is 0. The van der Waals surface area contributed by atoms with Gasteiger partial charge in [0.1, 0.15) is 5.82 Å². The maximum Gasteiger partial charge on any atom is 0.142 e. The first-order valence-electron chi connectivity index (χ1n) is 4.81. The summed E-state index contributed by atoms with van der Waals surface area (Å²) in [5.74, 6) is -0.353. The monoisotopic (exact) mass is 247 g/mol. The second-order valence-electron chi connectivity index (χ2n) is 3.39. The highest BCUT2D eigenvalue weighted by molar-refractivity contribution is 7.99. The summed E-state index contributed by atoms with van der Waals surface area (Å²) in [6.07, 6.45) is 2.07. The summed E-state index contributed by atoms with van der Waals surface area (Å²) in [5, 5.41) is 4.03. The van der Waals surface area contributed by atoms with Crippen LogP contribution in [0.25, 0.3) is 0 Å². The molecule has 0 heterocycles. The van der Waals surface area contributed by atoms with E-state index in [1.165, 1.54) is 6.07 Å². The number of benzene rings is 1. The number of halogens is 2. The molecule has 0 saturated carbocycles. The summed E-state index contributed by atoms with van der Waals surface area (Å²) in [4.78, 5) is 0. The number of nitrogens with one attached hydrogen (secondary N) is 1. The van der Waals surface area contributed by atoms with Crippen LogP contribution in [0.3, 0.4) is 0 Å². The zero-order chi connectivity index (χ0) is 11.3. The molecule has 1 unspecified atom stereocenters. The van der Waals surface area contributed by atoms with Crippen LogP contribution in [0.5, 0.6) is 0 Å². The lowest BCUT2D eigenvalue weighted by atomic mass is 10.2. The molecule has 0 spiro atoms. The SMILES string of the molecule is CSC(C)CNCc1cccc(F)c1Cl. The lowest BCUT2D eigenvalue weighted by Gasteiger charge is -2.10. The molecule has 0 radical (unpaired) electrons. The first-order chi connectivity index (χ1) is 7.15. The van der Waals surface area contributed by atoms with Crippen molar-refractivity contribution < 1.29 is 4.39 Å². The van der Waals surface area contributed by atoms with Gasteiger partial charge in [0.2, 0.25) is 0 Å². The zero-order valence-electron chi connectivity index (χ0n) is 8.89. The summed E-state index contributed by atoms with van der Waals surface area (Å²) in [6, 6.07) is 4.88. The predicted molar refractivity (Wildman–Crippen MR) is 66.1 cm³/mol. The van der Waals surface area contributed by atoms with Gasteiger partial charge in [-0.15, -0.1) is 0 Å². The third-order valence-electron chi connectivity index (χ3n) is 2.18. The molecule has 0 aliphatic heterocycles. The van der Waals surface area contributed by atoms with E-state index >= 15 is 0 Å². The van der Waals surface area contributed by atoms with Gasteiger partial charge in [-0.25, -0.2) is 4.39 Å². The average molecular weight is 248 g/mol. The largest absolute Gasteiger partial charge is 0.312 e. The number of hydrogen-bond donors (Lipinski definition) is 1. The van der Waals surface area contributed by atoms with Crippen molar-refractivity contribution in [3.05, 3.63) is 34.6 Å². The molecule has 0 aliphatic rings. The normalized spacial score (nSPS) is 12.8. The van der Waals surface area contributed by atoms with E-state index in [0.29, 0.717) is 11.8 Å². The average Bonchev–Trinajstić information content (AvgIpc) is 2.24. The van der Waals surface area contributed by atoms with Crippen molar-refractivity contribution >= 4 is 23.4 Å². The topological polar surface area (TPSA) is 12.0 Å². The highest BCUT2D eigenvalue weighted by Gasteiger charge is 2.05. The maximum atomic E-state index is 13.1. The number of hydrogen-bond acceptors (Lipinski definition) is 2. The summed E-state index contributed by atoms with van der Waals surface area (Å²) in [5.41, 5.74) is 0.810. The minimum Gasteiger partial charge on any atom is -0.312 e. The molecule has 1 rings (SSSR count). The van der Waals surface area contributed by atoms with Crippen molar-refractivity contribution in [2.45, 2.75) is 18.7 Å². The highest BCUT2D eigenvalue weighted by Crippen LogP contribution is 2.19. The fraction of sp³-hybridized carbons (Fsp3) is 0.455. The van der Waals surface area contributed by atoms with Gasteiger partial charge < -0.3 is 5.32 Å². The lowest BCUT2D eigenvalue weighted by Crippen LogP contribution is -2.22. The Bertz CT molecular complexity index is 319. The third-order valence-corrected chi connectivity index (χ3v) is 3.58. The number of thioether (sulfide) groups is 1. The van der Waals surface area contributed by atoms with Gasteiger partial charge in [-0.2, -0.15) is 11.8 Å². The second kappa shape index (κ2) is 6.36. The Labute approximate surface area is 99.4 Å². The van der Waals surface area contributed by atoms with E-state index in [1.807, 2.05) is 6.07 Å². The van der Waals surface area contributed by atoms with E-state index in [2.05, 4.69) is 18.5 Å². The molecule has 1 aromatic rings. The molecule has 0 bridgehead atoms. The van der Waals surface area contributed by atoms with Crippen molar-refractivity contribution in [3.8, 4) is 0 Å². The van der Waals surface area contributed by atoms with E-state index in [9.17, 15) is 4.39 Å². The molecule has 0 amide bonds. The van der Waals surface area contributed by atoms with Crippen LogP contribution in [-0.2, 0) is 6.54 Å². The van der Waals surface area contributed by atoms with E-state index in [0.717, 1.165) is 12.1 Å². The molecule has 0 saturated heterocycles. The van der Waals surface area contributed by atoms with E-state index in [-0.39, 0.29) is 10.8 Å². The van der Waals surface area contributed by atoms with Crippen LogP contribution in [0.2, 0.25) is 5.02 Å². The fourth-order valence-corrected chi connectivity index (χ4v) is 1.66. The highest BCUT2D eigenvalue weighted by atomic mass is 35.5. The van der Waals surface area contributed by atoms with Gasteiger partial charge in [-0.3, -0.25) is 0 Å². The minimum atomic E-state index is -0.353. The Morgan fingerprint density at radius 2 is 2.27 bits per heavy atom. The van der Waals surface area contributed by atoms with Crippen LogP contribution in [0, 0.1) is 5.82 Å². The molecule has 1 aromatic carbocycles. The molecule has 1 atom stereocenters. The van der Waals surface area contributed by atoms with Crippen molar-refractivity contribution in [2.75, 3.05) is 12.8 Å². The predicted octanol–water partition coefficient (Wildman–Crippen LogP) is 3.32. The van der Waals surface area contributed by atoms with E-state index in [4.69, 9.17) is 11.6 Å². The van der Waals surface area contributed by atoms with Crippen LogP contribution in [-0.4, -0.2) is 18.1 Å². The molecule has 15 heavy (non-hydrogen) atoms. The van der Waals surface area contributed by atoms with Gasteiger partial charge in [-0.05, 0) is 17.9 Å². The second-order valence-corrected chi connectivity index (χ2v) is 5.04. The Morgan fingerprint density at radius 3 is 2.93 bits per heavy atom. The first-order valence-corrected chi connectivity index (χ1v) is 6.48.